The van der Waals surface area contributed by atoms with Gasteiger partial charge in [-0.05, 0) is 6.07 Å². The molecule has 1 N–H and O–H groups in total. The van der Waals surface area contributed by atoms with E-state index < -0.39 is 0 Å². The van der Waals surface area contributed by atoms with Crippen molar-refractivity contribution in [3.8, 4) is 0 Å². The molecule has 4 heteroatoms. The van der Waals surface area contributed by atoms with Gasteiger partial charge in [0.2, 0.25) is 0 Å². The predicted molar refractivity (Wildman–Crippen MR) is 40.2 cm³/mol. The van der Waals surface area contributed by atoms with Crippen LogP contribution in [-0.2, 0) is 0 Å². The van der Waals surface area contributed by atoms with Crippen LogP contribution in [0, 0.1) is 0 Å². The molecule has 0 saturated heterocycles. The molecule has 54 valence electrons. The lowest BCUT2D eigenvalue weighted by Crippen LogP contribution is -2.04. The highest BCUT2D eigenvalue weighted by Crippen LogP contribution is 2.00. The number of hydrogen-bond acceptors (Lipinski definition) is 3. The van der Waals surface area contributed by atoms with Crippen molar-refractivity contribution in [1.82, 2.24) is 15.0 Å². The highest BCUT2D eigenvalue weighted by Gasteiger charge is 1.91. The number of fused-ring (bicyclic) bond motifs is 1. The van der Waals surface area contributed by atoms with Crippen molar-refractivity contribution in [2.45, 2.75) is 0 Å². The molecule has 0 unspecified atom stereocenters. The van der Waals surface area contributed by atoms with E-state index >= 15 is 0 Å². The zero-order chi connectivity index (χ0) is 7.68. The van der Waals surface area contributed by atoms with Crippen LogP contribution >= 0.6 is 0 Å². The number of aromatic nitrogens is 3. The second-order valence-corrected chi connectivity index (χ2v) is 2.14. The van der Waals surface area contributed by atoms with Gasteiger partial charge in [-0.15, -0.1) is 0 Å². The van der Waals surface area contributed by atoms with Gasteiger partial charge in [-0.1, -0.05) is 0 Å². The molecule has 0 aromatic carbocycles. The highest BCUT2D eigenvalue weighted by molar-refractivity contribution is 5.71. The van der Waals surface area contributed by atoms with Crippen molar-refractivity contribution < 1.29 is 0 Å². The van der Waals surface area contributed by atoms with Gasteiger partial charge in [0, 0.05) is 6.20 Å². The smallest absolute Gasteiger partial charge is 0.266 e. The standard InChI is InChI=1S/C7H5N3O/c11-7-4-9-5-1-2-8-3-6(5)10-7/h1-4H,(H,10,11). The number of pyridine rings is 1. The van der Waals surface area contributed by atoms with Gasteiger partial charge < -0.3 is 4.98 Å². The monoisotopic (exact) mass is 147 g/mol. The Kier molecular flexibility index (Phi) is 1.18. The summed E-state index contributed by atoms with van der Waals surface area (Å²) in [6.07, 6.45) is 4.46. The lowest BCUT2D eigenvalue weighted by Gasteiger charge is -1.91. The van der Waals surface area contributed by atoms with Crippen molar-refractivity contribution in [2.75, 3.05) is 0 Å². The number of nitrogens with zero attached hydrogens (tertiary/aromatic N) is 2. The van der Waals surface area contributed by atoms with Crippen molar-refractivity contribution in [2.24, 2.45) is 0 Å². The van der Waals surface area contributed by atoms with Crippen LogP contribution in [0.2, 0.25) is 0 Å². The van der Waals surface area contributed by atoms with E-state index in [9.17, 15) is 4.79 Å². The lowest BCUT2D eigenvalue weighted by atomic mass is 10.4. The van der Waals surface area contributed by atoms with Crippen LogP contribution in [0.3, 0.4) is 0 Å². The molecular formula is C7H5N3O. The number of rotatable bonds is 0. The highest BCUT2D eigenvalue weighted by atomic mass is 16.1. The molecule has 11 heavy (non-hydrogen) atoms. The summed E-state index contributed by atoms with van der Waals surface area (Å²) in [7, 11) is 0. The Morgan fingerprint density at radius 1 is 1.36 bits per heavy atom. The molecule has 0 fully saturated rings. The normalized spacial score (nSPS) is 10.2. The van der Waals surface area contributed by atoms with Crippen LogP contribution in [-0.4, -0.2) is 15.0 Å². The predicted octanol–water partition coefficient (Wildman–Crippen LogP) is 0.318. The summed E-state index contributed by atoms with van der Waals surface area (Å²) >= 11 is 0. The molecule has 2 heterocycles. The molecule has 0 aliphatic rings. The molecule has 0 atom stereocenters. The van der Waals surface area contributed by atoms with E-state index in [1.807, 2.05) is 0 Å². The molecule has 0 saturated carbocycles. The molecule has 2 aromatic rings. The first-order valence-corrected chi connectivity index (χ1v) is 3.15. The largest absolute Gasteiger partial charge is 0.318 e. The quantitative estimate of drug-likeness (QED) is 0.583. The van der Waals surface area contributed by atoms with Gasteiger partial charge in [0.05, 0.1) is 23.4 Å². The minimum Gasteiger partial charge on any atom is -0.318 e. The number of H-pyrrole nitrogens is 1. The van der Waals surface area contributed by atoms with Gasteiger partial charge in [0.15, 0.2) is 0 Å². The second kappa shape index (κ2) is 2.16. The van der Waals surface area contributed by atoms with Crippen molar-refractivity contribution >= 4 is 11.0 Å². The summed E-state index contributed by atoms with van der Waals surface area (Å²) in [6, 6.07) is 1.74. The molecule has 0 aliphatic heterocycles. The summed E-state index contributed by atoms with van der Waals surface area (Å²) in [5, 5.41) is 0. The maximum Gasteiger partial charge on any atom is 0.266 e. The number of aromatic amines is 1. The van der Waals surface area contributed by atoms with Crippen molar-refractivity contribution in [3.63, 3.8) is 0 Å². The van der Waals surface area contributed by atoms with Gasteiger partial charge in [0.25, 0.3) is 5.56 Å². The van der Waals surface area contributed by atoms with Crippen LogP contribution in [0.5, 0.6) is 0 Å². The lowest BCUT2D eigenvalue weighted by molar-refractivity contribution is 1.19. The van der Waals surface area contributed by atoms with E-state index in [-0.39, 0.29) is 5.56 Å². The van der Waals surface area contributed by atoms with Crippen LogP contribution in [0.25, 0.3) is 11.0 Å². The van der Waals surface area contributed by atoms with Crippen LogP contribution < -0.4 is 5.56 Å². The third-order valence-electron chi connectivity index (χ3n) is 1.38. The van der Waals surface area contributed by atoms with Gasteiger partial charge in [-0.3, -0.25) is 9.78 Å². The summed E-state index contributed by atoms with van der Waals surface area (Å²) in [5.41, 5.74) is 1.21. The Hall–Kier alpha value is -1.71. The molecule has 0 radical (unpaired) electrons. The molecule has 0 spiro atoms. The second-order valence-electron chi connectivity index (χ2n) is 2.14. The molecule has 2 aromatic heterocycles. The van der Waals surface area contributed by atoms with Gasteiger partial charge >= 0.3 is 0 Å². The van der Waals surface area contributed by atoms with E-state index in [2.05, 4.69) is 15.0 Å². The summed E-state index contributed by atoms with van der Waals surface area (Å²) in [5.74, 6) is 0. The average Bonchev–Trinajstić information content (AvgIpc) is 2.04. The zero-order valence-electron chi connectivity index (χ0n) is 5.61. The van der Waals surface area contributed by atoms with E-state index in [0.29, 0.717) is 5.52 Å². The van der Waals surface area contributed by atoms with Crippen LogP contribution in [0.4, 0.5) is 0 Å². The first-order chi connectivity index (χ1) is 5.36. The van der Waals surface area contributed by atoms with E-state index in [1.54, 1.807) is 18.5 Å². The molecular weight excluding hydrogens is 142 g/mol. The minimum absolute atomic E-state index is 0.203. The van der Waals surface area contributed by atoms with Crippen molar-refractivity contribution in [1.29, 1.82) is 0 Å². The van der Waals surface area contributed by atoms with Crippen LogP contribution in [0.1, 0.15) is 0 Å². The minimum atomic E-state index is -0.203. The first-order valence-electron chi connectivity index (χ1n) is 3.15. The van der Waals surface area contributed by atoms with Crippen LogP contribution in [0.15, 0.2) is 29.5 Å². The van der Waals surface area contributed by atoms with E-state index in [4.69, 9.17) is 0 Å². The molecule has 0 amide bonds. The van der Waals surface area contributed by atoms with Gasteiger partial charge in [-0.25, -0.2) is 4.98 Å². The SMILES string of the molecule is O=c1cnc2ccncc2[nH]1. The fourth-order valence-electron chi connectivity index (χ4n) is 0.889. The van der Waals surface area contributed by atoms with Gasteiger partial charge in [0.1, 0.15) is 0 Å². The summed E-state index contributed by atoms with van der Waals surface area (Å²) < 4.78 is 0. The topological polar surface area (TPSA) is 58.6 Å². The third-order valence-corrected chi connectivity index (χ3v) is 1.38. The fraction of sp³-hybridized carbons (Fsp3) is 0. The Bertz CT molecular complexity index is 435. The zero-order valence-corrected chi connectivity index (χ0v) is 5.61. The Morgan fingerprint density at radius 2 is 2.27 bits per heavy atom. The summed E-state index contributed by atoms with van der Waals surface area (Å²) in [4.78, 5) is 21.1. The summed E-state index contributed by atoms with van der Waals surface area (Å²) in [6.45, 7) is 0. The average molecular weight is 147 g/mol. The molecule has 2 rings (SSSR count). The Morgan fingerprint density at radius 3 is 3.18 bits per heavy atom. The third kappa shape index (κ3) is 0.980. The maximum absolute atomic E-state index is 10.7. The number of nitrogens with one attached hydrogen (secondary N) is 1. The Balaban J connectivity index is 2.94. The van der Waals surface area contributed by atoms with E-state index in [0.717, 1.165) is 5.52 Å². The molecule has 4 nitrogen and oxygen atoms in total. The van der Waals surface area contributed by atoms with E-state index in [1.165, 1.54) is 6.20 Å². The molecule has 0 bridgehead atoms. The van der Waals surface area contributed by atoms with Crippen molar-refractivity contribution in [3.05, 3.63) is 35.0 Å². The Labute approximate surface area is 61.9 Å². The fourth-order valence-corrected chi connectivity index (χ4v) is 0.889. The molecule has 0 aliphatic carbocycles. The maximum atomic E-state index is 10.7. The first kappa shape index (κ1) is 6.03. The van der Waals surface area contributed by atoms with Gasteiger partial charge in [-0.2, -0.15) is 0 Å². The number of hydrogen-bond donors (Lipinski definition) is 1.